The van der Waals surface area contributed by atoms with E-state index in [0.29, 0.717) is 23.0 Å². The van der Waals surface area contributed by atoms with Crippen molar-refractivity contribution in [3.05, 3.63) is 48.0 Å². The summed E-state index contributed by atoms with van der Waals surface area (Å²) in [5.41, 5.74) is 0. The fraction of sp³-hybridized carbons (Fsp3) is 0.154. The van der Waals surface area contributed by atoms with Crippen molar-refractivity contribution in [3.63, 3.8) is 0 Å². The van der Waals surface area contributed by atoms with E-state index < -0.39 is 7.37 Å². The minimum absolute atomic E-state index is 0.323. The molecule has 92 valence electrons. The van der Waals surface area contributed by atoms with Crippen LogP contribution in [0.5, 0.6) is 5.75 Å². The summed E-state index contributed by atoms with van der Waals surface area (Å²) in [6.45, 7) is 2.10. The van der Waals surface area contributed by atoms with Gasteiger partial charge in [0, 0.05) is 6.08 Å². The van der Waals surface area contributed by atoms with Gasteiger partial charge in [-0.1, -0.05) is 12.1 Å². The third-order valence-electron chi connectivity index (χ3n) is 2.47. The van der Waals surface area contributed by atoms with E-state index in [1.807, 2.05) is 6.07 Å². The second kappa shape index (κ2) is 5.22. The molecular weight excluding hydrogens is 249 g/mol. The SMILES string of the molecule is CCOP1(=O)C(/C=C/C#N)=COc2ccccc21. The summed E-state index contributed by atoms with van der Waals surface area (Å²) in [5, 5.41) is 9.48. The Balaban J connectivity index is 2.54. The molecule has 0 aliphatic carbocycles. The van der Waals surface area contributed by atoms with Crippen LogP contribution in [0.2, 0.25) is 0 Å². The fourth-order valence-corrected chi connectivity index (χ4v) is 3.81. The van der Waals surface area contributed by atoms with Crippen molar-refractivity contribution in [1.29, 1.82) is 5.26 Å². The molecule has 1 unspecified atom stereocenters. The molecule has 1 aliphatic rings. The van der Waals surface area contributed by atoms with E-state index in [4.69, 9.17) is 14.5 Å². The predicted octanol–water partition coefficient (Wildman–Crippen LogP) is 2.94. The van der Waals surface area contributed by atoms with Crippen LogP contribution >= 0.6 is 7.37 Å². The summed E-state index contributed by atoms with van der Waals surface area (Å²) in [6, 6.07) is 8.91. The molecule has 18 heavy (non-hydrogen) atoms. The van der Waals surface area contributed by atoms with Crippen molar-refractivity contribution in [2.45, 2.75) is 6.92 Å². The van der Waals surface area contributed by atoms with Gasteiger partial charge in [0.15, 0.2) is 0 Å². The largest absolute Gasteiger partial charge is 0.463 e. The van der Waals surface area contributed by atoms with Crippen LogP contribution in [0.25, 0.3) is 0 Å². The average molecular weight is 261 g/mol. The molecular formula is C13H12NO3P. The Morgan fingerprint density at radius 1 is 1.50 bits per heavy atom. The summed E-state index contributed by atoms with van der Waals surface area (Å²) < 4.78 is 23.8. The first-order chi connectivity index (χ1) is 8.72. The Morgan fingerprint density at radius 2 is 2.28 bits per heavy atom. The highest BCUT2D eigenvalue weighted by atomic mass is 31.2. The Hall–Kier alpha value is -1.82. The summed E-state index contributed by atoms with van der Waals surface area (Å²) in [4.78, 5) is 0. The maximum absolute atomic E-state index is 13.0. The Labute approximate surface area is 106 Å². The number of fused-ring (bicyclic) bond motifs is 1. The zero-order chi connectivity index (χ0) is 13.0. The summed E-state index contributed by atoms with van der Waals surface area (Å²) in [7, 11) is -3.15. The van der Waals surface area contributed by atoms with Crippen LogP contribution in [0.4, 0.5) is 0 Å². The zero-order valence-corrected chi connectivity index (χ0v) is 10.8. The molecule has 1 heterocycles. The van der Waals surface area contributed by atoms with Gasteiger partial charge in [-0.2, -0.15) is 5.26 Å². The summed E-state index contributed by atoms with van der Waals surface area (Å²) >= 11 is 0. The molecule has 0 bridgehead atoms. The second-order valence-electron chi connectivity index (χ2n) is 3.56. The number of para-hydroxylation sites is 1. The molecule has 0 aromatic heterocycles. The van der Waals surface area contributed by atoms with Gasteiger partial charge in [0.25, 0.3) is 7.37 Å². The fourth-order valence-electron chi connectivity index (χ4n) is 1.72. The van der Waals surface area contributed by atoms with E-state index >= 15 is 0 Å². The molecule has 0 N–H and O–H groups in total. The van der Waals surface area contributed by atoms with Gasteiger partial charge in [-0.15, -0.1) is 0 Å². The number of rotatable bonds is 3. The number of hydrogen-bond donors (Lipinski definition) is 0. The van der Waals surface area contributed by atoms with Gasteiger partial charge in [-0.3, -0.25) is 4.57 Å². The standard InChI is InChI=1S/C13H12NO3P/c1-2-17-18(15)11(6-5-9-14)10-16-12-7-3-4-8-13(12)18/h3-8,10H,2H2,1H3/b6-5+. The zero-order valence-electron chi connectivity index (χ0n) is 9.87. The maximum Gasteiger partial charge on any atom is 0.268 e. The normalized spacial score (nSPS) is 21.9. The van der Waals surface area contributed by atoms with Crippen LogP contribution in [-0.2, 0) is 9.09 Å². The lowest BCUT2D eigenvalue weighted by molar-refractivity contribution is 0.342. The van der Waals surface area contributed by atoms with Crippen LogP contribution in [-0.4, -0.2) is 6.61 Å². The molecule has 5 heteroatoms. The van der Waals surface area contributed by atoms with Crippen molar-refractivity contribution >= 4 is 12.7 Å². The van der Waals surface area contributed by atoms with Crippen LogP contribution in [0.1, 0.15) is 6.92 Å². The van der Waals surface area contributed by atoms with Crippen molar-refractivity contribution in [1.82, 2.24) is 0 Å². The number of hydrogen-bond acceptors (Lipinski definition) is 4. The van der Waals surface area contributed by atoms with Crippen LogP contribution in [0.3, 0.4) is 0 Å². The molecule has 0 spiro atoms. The third kappa shape index (κ3) is 2.11. The summed E-state index contributed by atoms with van der Waals surface area (Å²) in [6.07, 6.45) is 4.10. The lowest BCUT2D eigenvalue weighted by Crippen LogP contribution is -2.16. The molecule has 1 aromatic carbocycles. The van der Waals surface area contributed by atoms with E-state index in [-0.39, 0.29) is 0 Å². The van der Waals surface area contributed by atoms with Crippen LogP contribution in [0.15, 0.2) is 48.0 Å². The van der Waals surface area contributed by atoms with Gasteiger partial charge in [0.05, 0.1) is 23.3 Å². The molecule has 1 atom stereocenters. The number of nitriles is 1. The second-order valence-corrected chi connectivity index (χ2v) is 5.92. The lowest BCUT2D eigenvalue weighted by atomic mass is 10.3. The molecule has 4 nitrogen and oxygen atoms in total. The molecule has 1 aliphatic heterocycles. The van der Waals surface area contributed by atoms with Crippen molar-refractivity contribution in [2.75, 3.05) is 6.61 Å². The van der Waals surface area contributed by atoms with E-state index in [1.165, 1.54) is 18.4 Å². The average Bonchev–Trinajstić information content (AvgIpc) is 2.39. The predicted molar refractivity (Wildman–Crippen MR) is 68.8 cm³/mol. The molecule has 0 radical (unpaired) electrons. The highest BCUT2D eigenvalue weighted by Crippen LogP contribution is 2.57. The van der Waals surface area contributed by atoms with Gasteiger partial charge >= 0.3 is 0 Å². The number of allylic oxidation sites excluding steroid dienone is 3. The molecule has 0 amide bonds. The van der Waals surface area contributed by atoms with Crippen molar-refractivity contribution in [2.24, 2.45) is 0 Å². The first kappa shape index (κ1) is 12.6. The number of benzene rings is 1. The topological polar surface area (TPSA) is 59.3 Å². The monoisotopic (exact) mass is 261 g/mol. The number of ether oxygens (including phenoxy) is 1. The van der Waals surface area contributed by atoms with E-state index in [0.717, 1.165) is 0 Å². The van der Waals surface area contributed by atoms with Crippen molar-refractivity contribution in [3.8, 4) is 11.8 Å². The Morgan fingerprint density at radius 3 is 3.00 bits per heavy atom. The quantitative estimate of drug-likeness (QED) is 0.620. The van der Waals surface area contributed by atoms with Gasteiger partial charge < -0.3 is 9.26 Å². The highest BCUT2D eigenvalue weighted by molar-refractivity contribution is 7.71. The molecule has 2 rings (SSSR count). The molecule has 1 aromatic rings. The smallest absolute Gasteiger partial charge is 0.268 e. The minimum Gasteiger partial charge on any atom is -0.463 e. The van der Waals surface area contributed by atoms with Crippen molar-refractivity contribution < 1.29 is 13.8 Å². The minimum atomic E-state index is -3.15. The lowest BCUT2D eigenvalue weighted by Gasteiger charge is -2.24. The van der Waals surface area contributed by atoms with Gasteiger partial charge in [0.1, 0.15) is 12.0 Å². The first-order valence-electron chi connectivity index (χ1n) is 5.50. The van der Waals surface area contributed by atoms with E-state index in [1.54, 1.807) is 31.2 Å². The van der Waals surface area contributed by atoms with E-state index in [2.05, 4.69) is 0 Å². The van der Waals surface area contributed by atoms with Gasteiger partial charge in [-0.05, 0) is 25.1 Å². The Kier molecular flexibility index (Phi) is 3.66. The molecule has 0 fully saturated rings. The highest BCUT2D eigenvalue weighted by Gasteiger charge is 2.35. The number of nitrogens with zero attached hydrogens (tertiary/aromatic N) is 1. The maximum atomic E-state index is 13.0. The van der Waals surface area contributed by atoms with Crippen LogP contribution in [0, 0.1) is 11.3 Å². The molecule has 0 saturated carbocycles. The summed E-state index contributed by atoms with van der Waals surface area (Å²) in [5.74, 6) is 0.531. The third-order valence-corrected chi connectivity index (χ3v) is 5.03. The van der Waals surface area contributed by atoms with Gasteiger partial charge in [0.2, 0.25) is 0 Å². The first-order valence-corrected chi connectivity index (χ1v) is 7.12. The van der Waals surface area contributed by atoms with Crippen LogP contribution < -0.4 is 10.0 Å². The van der Waals surface area contributed by atoms with Gasteiger partial charge in [-0.25, -0.2) is 0 Å². The Bertz CT molecular complexity index is 598. The van der Waals surface area contributed by atoms with E-state index in [9.17, 15) is 4.57 Å². The molecule has 0 saturated heterocycles.